The molecule has 5 heteroatoms. The Bertz CT molecular complexity index is 3870. The summed E-state index contributed by atoms with van der Waals surface area (Å²) in [5.74, 6) is 0. The molecule has 0 atom stereocenters. The zero-order valence-corrected chi connectivity index (χ0v) is 36.4. The van der Waals surface area contributed by atoms with E-state index >= 15 is 0 Å². The van der Waals surface area contributed by atoms with Crippen LogP contribution in [0.1, 0.15) is 0 Å². The monoisotopic (exact) mass is 855 g/mol. The second kappa shape index (κ2) is 15.9. The summed E-state index contributed by atoms with van der Waals surface area (Å²) in [6.45, 7) is 0. The number of hydrogen-bond donors (Lipinski definition) is 0. The van der Waals surface area contributed by atoms with Gasteiger partial charge in [0.2, 0.25) is 0 Å². The van der Waals surface area contributed by atoms with Gasteiger partial charge >= 0.3 is 0 Å². The summed E-state index contributed by atoms with van der Waals surface area (Å²) in [6.07, 6.45) is 0. The molecule has 0 bridgehead atoms. The van der Waals surface area contributed by atoms with Gasteiger partial charge in [-0.05, 0) is 125 Å². The summed E-state index contributed by atoms with van der Waals surface area (Å²) in [6, 6.07) is 88.5. The molecule has 0 N–H and O–H groups in total. The molecule has 0 aliphatic rings. The third-order valence-electron chi connectivity index (χ3n) is 13.1. The fourth-order valence-electron chi connectivity index (χ4n) is 10.1. The summed E-state index contributed by atoms with van der Waals surface area (Å²) in [5.41, 5.74) is 15.6. The van der Waals surface area contributed by atoms with Crippen molar-refractivity contribution in [2.45, 2.75) is 0 Å². The van der Waals surface area contributed by atoms with Crippen LogP contribution in [0.4, 0.5) is 34.1 Å². The predicted molar refractivity (Wildman–Crippen MR) is 281 cm³/mol. The summed E-state index contributed by atoms with van der Waals surface area (Å²) in [7, 11) is 0. The minimum absolute atomic E-state index is 0.857. The Kier molecular flexibility index (Phi) is 9.10. The van der Waals surface area contributed by atoms with Gasteiger partial charge in [-0.25, -0.2) is 9.97 Å². The van der Waals surface area contributed by atoms with Gasteiger partial charge in [0.1, 0.15) is 0 Å². The molecule has 0 aliphatic heterocycles. The third-order valence-corrected chi connectivity index (χ3v) is 13.1. The Morgan fingerprint density at radius 1 is 0.284 bits per heavy atom. The molecule has 0 unspecified atom stereocenters. The van der Waals surface area contributed by atoms with Crippen LogP contribution in [0.3, 0.4) is 0 Å². The number of anilines is 6. The van der Waals surface area contributed by atoms with Gasteiger partial charge in [0.25, 0.3) is 0 Å². The van der Waals surface area contributed by atoms with Crippen LogP contribution in [-0.4, -0.2) is 14.5 Å². The van der Waals surface area contributed by atoms with Gasteiger partial charge in [0.15, 0.2) is 0 Å². The van der Waals surface area contributed by atoms with Crippen LogP contribution >= 0.6 is 0 Å². The van der Waals surface area contributed by atoms with Gasteiger partial charge in [0.05, 0.1) is 33.1 Å². The lowest BCUT2D eigenvalue weighted by atomic mass is 9.97. The van der Waals surface area contributed by atoms with Crippen LogP contribution in [0.2, 0.25) is 0 Å². The lowest BCUT2D eigenvalue weighted by Crippen LogP contribution is -2.10. The van der Waals surface area contributed by atoms with Crippen LogP contribution in [0.25, 0.3) is 82.2 Å². The second-order valence-corrected chi connectivity index (χ2v) is 17.0. The number of benzene rings is 11. The molecule has 0 saturated heterocycles. The number of aromatic nitrogens is 3. The van der Waals surface area contributed by atoms with Crippen molar-refractivity contribution in [3.05, 3.63) is 249 Å². The quantitative estimate of drug-likeness (QED) is 0.113. The van der Waals surface area contributed by atoms with Crippen molar-refractivity contribution >= 4 is 99.5 Å². The van der Waals surface area contributed by atoms with Crippen LogP contribution < -0.4 is 9.80 Å². The van der Waals surface area contributed by atoms with Crippen LogP contribution in [-0.2, 0) is 0 Å². The van der Waals surface area contributed by atoms with Crippen molar-refractivity contribution in [3.8, 4) is 16.8 Å². The van der Waals surface area contributed by atoms with Crippen molar-refractivity contribution < 1.29 is 0 Å². The van der Waals surface area contributed by atoms with Crippen molar-refractivity contribution in [2.24, 2.45) is 0 Å². The first kappa shape index (κ1) is 38.4. The van der Waals surface area contributed by atoms with E-state index in [4.69, 9.17) is 9.97 Å². The van der Waals surface area contributed by atoms with Crippen molar-refractivity contribution in [2.75, 3.05) is 9.80 Å². The fourth-order valence-corrected chi connectivity index (χ4v) is 10.1. The van der Waals surface area contributed by atoms with E-state index in [1.165, 1.54) is 11.1 Å². The van der Waals surface area contributed by atoms with Gasteiger partial charge in [-0.2, -0.15) is 0 Å². The molecule has 0 amide bonds. The van der Waals surface area contributed by atoms with Gasteiger partial charge in [-0.1, -0.05) is 146 Å². The molecule has 13 rings (SSSR count). The van der Waals surface area contributed by atoms with Gasteiger partial charge in [-0.3, -0.25) is 0 Å². The van der Waals surface area contributed by atoms with Crippen molar-refractivity contribution in [1.29, 1.82) is 0 Å². The molecule has 0 saturated carbocycles. The molecule has 0 fully saturated rings. The summed E-state index contributed by atoms with van der Waals surface area (Å²) in [5, 5.41) is 6.51. The molecule has 13 aromatic rings. The van der Waals surface area contributed by atoms with Crippen molar-refractivity contribution in [3.63, 3.8) is 0 Å². The zero-order valence-electron chi connectivity index (χ0n) is 36.4. The van der Waals surface area contributed by atoms with E-state index < -0.39 is 0 Å². The molecule has 67 heavy (non-hydrogen) atoms. The van der Waals surface area contributed by atoms with E-state index in [-0.39, 0.29) is 0 Å². The lowest BCUT2D eigenvalue weighted by Gasteiger charge is -2.27. The minimum atomic E-state index is 0.857. The molecular formula is C62H41N5. The standard InChI is InChI=1S/C62H41N5/c1-7-19-42(20-8-1)43-31-34-53-58(39-43)67(48-29-17-6-18-30-48)57-38-37-56-62(59(53)57)64-61-52-36-33-50(66(46-25-13-4-14-26-46)47-27-15-5-16-28-47)41-55(52)54-40-49(32-35-51(54)60(61)63-56)65(44-21-9-2-10-22-44)45-23-11-3-12-24-45/h1-41H. The topological polar surface area (TPSA) is 37.2 Å². The molecule has 314 valence electrons. The first-order chi connectivity index (χ1) is 33.2. The normalized spacial score (nSPS) is 11.6. The Morgan fingerprint density at radius 2 is 0.731 bits per heavy atom. The Hall–Kier alpha value is -9.06. The van der Waals surface area contributed by atoms with Crippen LogP contribution in [0.15, 0.2) is 249 Å². The third kappa shape index (κ3) is 6.47. The highest BCUT2D eigenvalue weighted by Gasteiger charge is 2.22. The van der Waals surface area contributed by atoms with Crippen molar-refractivity contribution in [1.82, 2.24) is 14.5 Å². The smallest absolute Gasteiger partial charge is 0.0995 e. The number of nitrogens with zero attached hydrogens (tertiary/aromatic N) is 5. The highest BCUT2D eigenvalue weighted by Crippen LogP contribution is 2.45. The SMILES string of the molecule is c1ccc(-c2ccc3c4c5nc6c7ccc(N(c8ccccc8)c8ccccc8)cc7c7cc(N(c8ccccc8)c8ccccc8)ccc7c6nc5ccc4n(-c4ccccc4)c3c2)cc1. The second-order valence-electron chi connectivity index (χ2n) is 17.0. The highest BCUT2D eigenvalue weighted by atomic mass is 15.1. The van der Waals surface area contributed by atoms with E-state index in [1.54, 1.807) is 0 Å². The first-order valence-electron chi connectivity index (χ1n) is 22.7. The maximum atomic E-state index is 5.77. The maximum Gasteiger partial charge on any atom is 0.0995 e. The van der Waals surface area contributed by atoms with E-state index in [1.807, 2.05) is 0 Å². The number of para-hydroxylation sites is 5. The molecular weight excluding hydrogens is 815 g/mol. The molecule has 2 heterocycles. The molecule has 11 aromatic carbocycles. The Morgan fingerprint density at radius 3 is 1.24 bits per heavy atom. The van der Waals surface area contributed by atoms with E-state index in [2.05, 4.69) is 263 Å². The number of rotatable bonds is 8. The van der Waals surface area contributed by atoms with E-state index in [9.17, 15) is 0 Å². The predicted octanol–water partition coefficient (Wildman–Crippen LogP) is 16.8. The maximum absolute atomic E-state index is 5.77. The minimum Gasteiger partial charge on any atom is -0.310 e. The van der Waals surface area contributed by atoms with Gasteiger partial charge in [-0.15, -0.1) is 0 Å². The largest absolute Gasteiger partial charge is 0.310 e. The molecule has 0 radical (unpaired) electrons. The van der Waals surface area contributed by atoms with E-state index in [0.717, 1.165) is 105 Å². The molecule has 0 spiro atoms. The summed E-state index contributed by atoms with van der Waals surface area (Å²) >= 11 is 0. The summed E-state index contributed by atoms with van der Waals surface area (Å²) in [4.78, 5) is 16.0. The van der Waals surface area contributed by atoms with Gasteiger partial charge < -0.3 is 14.4 Å². The zero-order chi connectivity index (χ0) is 44.3. The number of hydrogen-bond acceptors (Lipinski definition) is 4. The molecule has 0 aliphatic carbocycles. The fraction of sp³-hybridized carbons (Fsp3) is 0. The first-order valence-corrected chi connectivity index (χ1v) is 22.7. The average Bonchev–Trinajstić information content (AvgIpc) is 3.74. The number of fused-ring (bicyclic) bond motifs is 11. The van der Waals surface area contributed by atoms with Gasteiger partial charge in [0, 0.05) is 61.4 Å². The van der Waals surface area contributed by atoms with Crippen LogP contribution in [0.5, 0.6) is 0 Å². The Labute approximate surface area is 387 Å². The average molecular weight is 856 g/mol. The molecule has 2 aromatic heterocycles. The van der Waals surface area contributed by atoms with E-state index in [0.29, 0.717) is 0 Å². The lowest BCUT2D eigenvalue weighted by molar-refractivity contribution is 1.18. The summed E-state index contributed by atoms with van der Waals surface area (Å²) < 4.78 is 2.38. The Balaban J connectivity index is 1.12. The van der Waals surface area contributed by atoms with Crippen LogP contribution in [0, 0.1) is 0 Å². The highest BCUT2D eigenvalue weighted by molar-refractivity contribution is 6.27. The molecule has 5 nitrogen and oxygen atoms in total.